The molecule has 0 radical (unpaired) electrons. The molecule has 0 aliphatic rings. The van der Waals surface area contributed by atoms with Gasteiger partial charge in [-0.1, -0.05) is 19.1 Å². The number of rotatable bonds is 6. The van der Waals surface area contributed by atoms with Crippen molar-refractivity contribution in [3.05, 3.63) is 59.4 Å². The molecule has 1 heterocycles. The molecule has 2 aromatic rings. The fourth-order valence-electron chi connectivity index (χ4n) is 2.14. The van der Waals surface area contributed by atoms with Crippen LogP contribution in [0, 0.1) is 6.92 Å². The van der Waals surface area contributed by atoms with E-state index in [1.165, 1.54) is 11.8 Å². The lowest BCUT2D eigenvalue weighted by Gasteiger charge is -2.10. The molecule has 1 amide bonds. The number of benzene rings is 1. The Kier molecular flexibility index (Phi) is 5.42. The van der Waals surface area contributed by atoms with E-state index in [-0.39, 0.29) is 24.5 Å². The van der Waals surface area contributed by atoms with Gasteiger partial charge in [-0.15, -0.1) is 0 Å². The summed E-state index contributed by atoms with van der Waals surface area (Å²) in [6.07, 6.45) is 4.41. The van der Waals surface area contributed by atoms with E-state index in [9.17, 15) is 9.59 Å². The second-order valence-electron chi connectivity index (χ2n) is 5.22. The van der Waals surface area contributed by atoms with Crippen LogP contribution in [0.5, 0.6) is 0 Å². The summed E-state index contributed by atoms with van der Waals surface area (Å²) < 4.78 is 0. The molecule has 114 valence electrons. The highest BCUT2D eigenvalue weighted by molar-refractivity contribution is 5.99. The molecule has 4 heteroatoms. The first-order valence-corrected chi connectivity index (χ1v) is 7.42. The second-order valence-corrected chi connectivity index (χ2v) is 5.22. The molecule has 0 unspecified atom stereocenters. The van der Waals surface area contributed by atoms with Crippen LogP contribution in [-0.4, -0.2) is 16.7 Å². The highest BCUT2D eigenvalue weighted by Crippen LogP contribution is 2.18. The van der Waals surface area contributed by atoms with Crippen molar-refractivity contribution in [2.45, 2.75) is 33.1 Å². The maximum Gasteiger partial charge on any atom is 0.224 e. The Morgan fingerprint density at radius 3 is 2.68 bits per heavy atom. The van der Waals surface area contributed by atoms with Gasteiger partial charge in [0.1, 0.15) is 0 Å². The molecule has 1 aromatic heterocycles. The van der Waals surface area contributed by atoms with Gasteiger partial charge >= 0.3 is 0 Å². The van der Waals surface area contributed by atoms with Gasteiger partial charge in [0, 0.05) is 36.5 Å². The lowest BCUT2D eigenvalue weighted by molar-refractivity contribution is -0.116. The topological polar surface area (TPSA) is 59.1 Å². The van der Waals surface area contributed by atoms with Gasteiger partial charge in [0.25, 0.3) is 0 Å². The SMILES string of the molecule is CCc1ccc(C)c(NC(=O)CCC(=O)c2cccnc2)c1. The minimum atomic E-state index is -0.145. The Morgan fingerprint density at radius 1 is 1.18 bits per heavy atom. The summed E-state index contributed by atoms with van der Waals surface area (Å²) in [7, 11) is 0. The molecule has 1 aromatic carbocycles. The molecule has 22 heavy (non-hydrogen) atoms. The van der Waals surface area contributed by atoms with Crippen molar-refractivity contribution in [2.24, 2.45) is 0 Å². The summed E-state index contributed by atoms with van der Waals surface area (Å²) in [6.45, 7) is 4.03. The van der Waals surface area contributed by atoms with Crippen molar-refractivity contribution >= 4 is 17.4 Å². The smallest absolute Gasteiger partial charge is 0.224 e. The third-order valence-electron chi connectivity index (χ3n) is 3.55. The number of carbonyl (C=O) groups is 2. The van der Waals surface area contributed by atoms with E-state index in [0.29, 0.717) is 5.56 Å². The predicted molar refractivity (Wildman–Crippen MR) is 87.0 cm³/mol. The van der Waals surface area contributed by atoms with Crippen LogP contribution in [0.25, 0.3) is 0 Å². The molecule has 4 nitrogen and oxygen atoms in total. The maximum atomic E-state index is 12.0. The third kappa shape index (κ3) is 4.25. The molecule has 0 aliphatic carbocycles. The van der Waals surface area contributed by atoms with E-state index in [2.05, 4.69) is 23.3 Å². The van der Waals surface area contributed by atoms with E-state index >= 15 is 0 Å². The average Bonchev–Trinajstić information content (AvgIpc) is 2.55. The van der Waals surface area contributed by atoms with Crippen LogP contribution in [0.2, 0.25) is 0 Å². The highest BCUT2D eigenvalue weighted by atomic mass is 16.2. The van der Waals surface area contributed by atoms with E-state index in [1.807, 2.05) is 19.1 Å². The zero-order valence-electron chi connectivity index (χ0n) is 12.9. The van der Waals surface area contributed by atoms with E-state index in [4.69, 9.17) is 0 Å². The quantitative estimate of drug-likeness (QED) is 0.829. The maximum absolute atomic E-state index is 12.0. The fourth-order valence-corrected chi connectivity index (χ4v) is 2.14. The van der Waals surface area contributed by atoms with Gasteiger partial charge in [0.2, 0.25) is 5.91 Å². The van der Waals surface area contributed by atoms with Gasteiger partial charge in [-0.2, -0.15) is 0 Å². The fraction of sp³-hybridized carbons (Fsp3) is 0.278. The molecule has 0 saturated carbocycles. The highest BCUT2D eigenvalue weighted by Gasteiger charge is 2.10. The summed E-state index contributed by atoms with van der Waals surface area (Å²) in [6, 6.07) is 9.46. The number of hydrogen-bond donors (Lipinski definition) is 1. The van der Waals surface area contributed by atoms with Crippen LogP contribution in [-0.2, 0) is 11.2 Å². The average molecular weight is 296 g/mol. The molecule has 1 N–H and O–H groups in total. The summed E-state index contributed by atoms with van der Waals surface area (Å²) in [5, 5.41) is 2.88. The lowest BCUT2D eigenvalue weighted by Crippen LogP contribution is -2.14. The molecule has 0 aliphatic heterocycles. The van der Waals surface area contributed by atoms with Crippen LogP contribution < -0.4 is 5.32 Å². The monoisotopic (exact) mass is 296 g/mol. The summed E-state index contributed by atoms with van der Waals surface area (Å²) in [4.78, 5) is 27.9. The number of aromatic nitrogens is 1. The molecule has 0 bridgehead atoms. The first-order chi connectivity index (χ1) is 10.6. The number of nitrogens with one attached hydrogen (secondary N) is 1. The van der Waals surface area contributed by atoms with E-state index < -0.39 is 0 Å². The van der Waals surface area contributed by atoms with E-state index in [1.54, 1.807) is 18.3 Å². The molecule has 2 rings (SSSR count). The van der Waals surface area contributed by atoms with Crippen LogP contribution in [0.1, 0.15) is 41.3 Å². The van der Waals surface area contributed by atoms with Crippen LogP contribution >= 0.6 is 0 Å². The number of nitrogens with zero attached hydrogens (tertiary/aromatic N) is 1. The molecular weight excluding hydrogens is 276 g/mol. The number of Topliss-reactive ketones (excluding diaryl/α,β-unsaturated/α-hetero) is 1. The van der Waals surface area contributed by atoms with Crippen LogP contribution in [0.3, 0.4) is 0 Å². The minimum absolute atomic E-state index is 0.0673. The number of hydrogen-bond acceptors (Lipinski definition) is 3. The van der Waals surface area contributed by atoms with Crippen LogP contribution in [0.15, 0.2) is 42.7 Å². The molecule has 0 atom stereocenters. The lowest BCUT2D eigenvalue weighted by atomic mass is 10.1. The number of ketones is 1. The number of anilines is 1. The Morgan fingerprint density at radius 2 is 2.00 bits per heavy atom. The summed E-state index contributed by atoms with van der Waals surface area (Å²) in [5.74, 6) is -0.212. The van der Waals surface area contributed by atoms with Gasteiger partial charge in [-0.25, -0.2) is 0 Å². The van der Waals surface area contributed by atoms with Crippen LogP contribution in [0.4, 0.5) is 5.69 Å². The first-order valence-electron chi connectivity index (χ1n) is 7.42. The Balaban J connectivity index is 1.92. The number of pyridine rings is 1. The second kappa shape index (κ2) is 7.50. The number of amides is 1. The van der Waals surface area contributed by atoms with Crippen molar-refractivity contribution in [1.82, 2.24) is 4.98 Å². The Labute approximate surface area is 130 Å². The minimum Gasteiger partial charge on any atom is -0.326 e. The van der Waals surface area contributed by atoms with Crippen molar-refractivity contribution < 1.29 is 9.59 Å². The van der Waals surface area contributed by atoms with Gasteiger partial charge in [0.05, 0.1) is 0 Å². The number of carbonyl (C=O) groups excluding carboxylic acids is 2. The third-order valence-corrected chi connectivity index (χ3v) is 3.55. The Bertz CT molecular complexity index is 666. The predicted octanol–water partition coefficient (Wildman–Crippen LogP) is 3.55. The van der Waals surface area contributed by atoms with Gasteiger partial charge in [-0.05, 0) is 42.7 Å². The summed E-state index contributed by atoms with van der Waals surface area (Å²) >= 11 is 0. The number of aryl methyl sites for hydroxylation is 2. The normalized spacial score (nSPS) is 10.3. The van der Waals surface area contributed by atoms with Crippen molar-refractivity contribution in [3.63, 3.8) is 0 Å². The van der Waals surface area contributed by atoms with Crippen molar-refractivity contribution in [1.29, 1.82) is 0 Å². The van der Waals surface area contributed by atoms with E-state index in [0.717, 1.165) is 17.7 Å². The molecule has 0 saturated heterocycles. The largest absolute Gasteiger partial charge is 0.326 e. The molecule has 0 spiro atoms. The van der Waals surface area contributed by atoms with Crippen molar-refractivity contribution in [3.8, 4) is 0 Å². The zero-order chi connectivity index (χ0) is 15.9. The van der Waals surface area contributed by atoms with Gasteiger partial charge < -0.3 is 5.32 Å². The first kappa shape index (κ1) is 15.9. The van der Waals surface area contributed by atoms with Gasteiger partial charge in [0.15, 0.2) is 5.78 Å². The molecule has 0 fully saturated rings. The molecular formula is C18H20N2O2. The Hall–Kier alpha value is -2.49. The van der Waals surface area contributed by atoms with Crippen molar-refractivity contribution in [2.75, 3.05) is 5.32 Å². The van der Waals surface area contributed by atoms with Gasteiger partial charge in [-0.3, -0.25) is 14.6 Å². The zero-order valence-corrected chi connectivity index (χ0v) is 12.9. The standard InChI is InChI=1S/C18H20N2O2/c1-3-14-7-6-13(2)16(11-14)20-18(22)9-8-17(21)15-5-4-10-19-12-15/h4-7,10-12H,3,8-9H2,1-2H3,(H,20,22). The summed E-state index contributed by atoms with van der Waals surface area (Å²) in [5.41, 5.74) is 3.55.